The van der Waals surface area contributed by atoms with Crippen LogP contribution in [0.3, 0.4) is 0 Å². The Kier molecular flexibility index (Phi) is 8.47. The number of anilines is 1. The lowest BCUT2D eigenvalue weighted by atomic mass is 10.0. The number of benzene rings is 2. The molecule has 2 aliphatic rings. The smallest absolute Gasteiger partial charge is 0.263 e. The third kappa shape index (κ3) is 5.95. The van der Waals surface area contributed by atoms with E-state index in [1.54, 1.807) is 0 Å². The van der Waals surface area contributed by atoms with Gasteiger partial charge in [0, 0.05) is 19.2 Å². The molecule has 8 heteroatoms. The topological polar surface area (TPSA) is 146 Å². The SMILES string of the molecule is CN.NC(=O)[C@H]1CCCO1.NC1N=C(c2ccccc2)c2ccccc2NC1=O.[HH]. The molecule has 0 saturated carbocycles. The Morgan fingerprint density at radius 1 is 1.14 bits per heavy atom. The second-order valence-corrected chi connectivity index (χ2v) is 6.23. The second kappa shape index (κ2) is 11.1. The minimum absolute atomic E-state index is 0. The van der Waals surface area contributed by atoms with Crippen LogP contribution in [-0.4, -0.2) is 43.5 Å². The quantitative estimate of drug-likeness (QED) is 0.600. The standard InChI is InChI=1S/C15H13N3O.C5H9NO2.CH5N.H2/c16-14-15(19)17-12-9-5-4-8-11(12)13(18-14)10-6-2-1-3-7-10;6-5(7)4-2-1-3-8-4;1-2;/h1-9,14H,16H2,(H,17,19);4H,1-3H2,(H2,6,7);2H2,1H3;1H/t;4-;;/m.1../s1. The van der Waals surface area contributed by atoms with Crippen molar-refractivity contribution in [3.8, 4) is 0 Å². The number of benzodiazepines with no additional fused rings is 1. The van der Waals surface area contributed by atoms with E-state index in [1.165, 1.54) is 7.05 Å². The molecule has 156 valence electrons. The number of fused-ring (bicyclic) bond motifs is 1. The van der Waals surface area contributed by atoms with Gasteiger partial charge in [0.25, 0.3) is 5.91 Å². The molecule has 29 heavy (non-hydrogen) atoms. The van der Waals surface area contributed by atoms with Crippen LogP contribution in [0.1, 0.15) is 25.4 Å². The summed E-state index contributed by atoms with van der Waals surface area (Å²) in [6, 6.07) is 17.3. The van der Waals surface area contributed by atoms with Crippen molar-refractivity contribution in [2.45, 2.75) is 25.1 Å². The first-order chi connectivity index (χ1) is 14.1. The molecular formula is C21H29N5O3. The molecule has 2 aromatic carbocycles. The molecule has 0 radical (unpaired) electrons. The van der Waals surface area contributed by atoms with E-state index >= 15 is 0 Å². The van der Waals surface area contributed by atoms with Crippen molar-refractivity contribution in [1.82, 2.24) is 0 Å². The molecule has 2 aromatic rings. The predicted molar refractivity (Wildman–Crippen MR) is 116 cm³/mol. The maximum absolute atomic E-state index is 11.8. The molecule has 8 nitrogen and oxygen atoms in total. The molecule has 7 N–H and O–H groups in total. The highest BCUT2D eigenvalue weighted by Crippen LogP contribution is 2.23. The zero-order chi connectivity index (χ0) is 21.2. The van der Waals surface area contributed by atoms with Gasteiger partial charge in [0.2, 0.25) is 5.91 Å². The maximum atomic E-state index is 11.8. The van der Waals surface area contributed by atoms with E-state index < -0.39 is 6.17 Å². The molecule has 1 fully saturated rings. The Balaban J connectivity index is 0.000000346. The summed E-state index contributed by atoms with van der Waals surface area (Å²) in [5.74, 6) is -0.624. The van der Waals surface area contributed by atoms with Gasteiger partial charge in [-0.05, 0) is 26.0 Å². The van der Waals surface area contributed by atoms with E-state index in [-0.39, 0.29) is 19.3 Å². The van der Waals surface area contributed by atoms with Gasteiger partial charge in [0.1, 0.15) is 6.10 Å². The molecule has 2 heterocycles. The van der Waals surface area contributed by atoms with Crippen molar-refractivity contribution < 1.29 is 15.8 Å². The molecule has 0 aliphatic carbocycles. The summed E-state index contributed by atoms with van der Waals surface area (Å²) in [5.41, 5.74) is 18.5. The van der Waals surface area contributed by atoms with Crippen LogP contribution < -0.4 is 22.5 Å². The number of hydrogen-bond donors (Lipinski definition) is 4. The van der Waals surface area contributed by atoms with Gasteiger partial charge in [-0.3, -0.25) is 14.6 Å². The van der Waals surface area contributed by atoms with Crippen LogP contribution in [-0.2, 0) is 14.3 Å². The first-order valence-electron chi connectivity index (χ1n) is 9.34. The molecule has 2 aliphatic heterocycles. The van der Waals surface area contributed by atoms with E-state index in [4.69, 9.17) is 16.2 Å². The summed E-state index contributed by atoms with van der Waals surface area (Å²) in [6.45, 7) is 0.688. The largest absolute Gasteiger partial charge is 0.368 e. The number of hydrogen-bond acceptors (Lipinski definition) is 6. The van der Waals surface area contributed by atoms with E-state index in [0.29, 0.717) is 6.61 Å². The van der Waals surface area contributed by atoms with Crippen LogP contribution >= 0.6 is 0 Å². The summed E-state index contributed by atoms with van der Waals surface area (Å²) in [7, 11) is 1.50. The third-order valence-corrected chi connectivity index (χ3v) is 4.27. The van der Waals surface area contributed by atoms with Gasteiger partial charge in [0.05, 0.1) is 11.4 Å². The highest BCUT2D eigenvalue weighted by atomic mass is 16.5. The van der Waals surface area contributed by atoms with Crippen LogP contribution in [0, 0.1) is 0 Å². The number of rotatable bonds is 2. The number of primary amides is 1. The highest BCUT2D eigenvalue weighted by molar-refractivity contribution is 6.19. The lowest BCUT2D eigenvalue weighted by Crippen LogP contribution is -2.33. The summed E-state index contributed by atoms with van der Waals surface area (Å²) in [4.78, 5) is 26.5. The van der Waals surface area contributed by atoms with E-state index in [2.05, 4.69) is 16.0 Å². The minimum Gasteiger partial charge on any atom is -0.368 e. The van der Waals surface area contributed by atoms with E-state index in [1.807, 2.05) is 54.6 Å². The number of ether oxygens (including phenoxy) is 1. The number of amides is 2. The Hall–Kier alpha value is -3.07. The fraction of sp³-hybridized carbons (Fsp3) is 0.286. The molecule has 0 bridgehead atoms. The van der Waals surface area contributed by atoms with Crippen LogP contribution in [0.5, 0.6) is 0 Å². The first kappa shape index (κ1) is 22.2. The number of nitrogens with two attached hydrogens (primary N) is 3. The van der Waals surface area contributed by atoms with Crippen LogP contribution in [0.4, 0.5) is 5.69 Å². The molecule has 1 saturated heterocycles. The van der Waals surface area contributed by atoms with Gasteiger partial charge in [0.15, 0.2) is 6.17 Å². The number of aliphatic imine (C=N–C) groups is 1. The molecule has 2 amide bonds. The Morgan fingerprint density at radius 2 is 1.79 bits per heavy atom. The van der Waals surface area contributed by atoms with Gasteiger partial charge in [-0.25, -0.2) is 0 Å². The fourth-order valence-electron chi connectivity index (χ4n) is 2.90. The zero-order valence-corrected chi connectivity index (χ0v) is 16.4. The lowest BCUT2D eigenvalue weighted by Gasteiger charge is -2.09. The van der Waals surface area contributed by atoms with Gasteiger partial charge >= 0.3 is 0 Å². The number of carbonyl (C=O) groups is 2. The number of para-hydroxylation sites is 1. The number of nitrogens with one attached hydrogen (secondary N) is 1. The van der Waals surface area contributed by atoms with Crippen molar-refractivity contribution in [1.29, 1.82) is 0 Å². The Bertz CT molecular complexity index is 855. The minimum atomic E-state index is -0.886. The summed E-state index contributed by atoms with van der Waals surface area (Å²) in [6.07, 6.45) is 0.584. The molecule has 2 atom stereocenters. The van der Waals surface area contributed by atoms with Crippen LogP contribution in [0.2, 0.25) is 0 Å². The molecule has 0 spiro atoms. The van der Waals surface area contributed by atoms with Crippen molar-refractivity contribution in [2.24, 2.45) is 22.2 Å². The third-order valence-electron chi connectivity index (χ3n) is 4.27. The Labute approximate surface area is 171 Å². The van der Waals surface area contributed by atoms with Crippen molar-refractivity contribution in [3.63, 3.8) is 0 Å². The van der Waals surface area contributed by atoms with Crippen molar-refractivity contribution in [3.05, 3.63) is 65.7 Å². The van der Waals surface area contributed by atoms with Gasteiger partial charge < -0.3 is 27.3 Å². The Morgan fingerprint density at radius 3 is 2.38 bits per heavy atom. The number of carbonyl (C=O) groups excluding carboxylic acids is 2. The normalized spacial score (nSPS) is 19.8. The van der Waals surface area contributed by atoms with Crippen molar-refractivity contribution >= 4 is 23.2 Å². The van der Waals surface area contributed by atoms with Crippen LogP contribution in [0.15, 0.2) is 59.6 Å². The van der Waals surface area contributed by atoms with E-state index in [0.717, 1.165) is 35.4 Å². The highest BCUT2D eigenvalue weighted by Gasteiger charge is 2.22. The van der Waals surface area contributed by atoms with Gasteiger partial charge in [-0.2, -0.15) is 0 Å². The predicted octanol–water partition coefficient (Wildman–Crippen LogP) is 1.23. The molecular weight excluding hydrogens is 370 g/mol. The summed E-state index contributed by atoms with van der Waals surface area (Å²) < 4.78 is 4.94. The lowest BCUT2D eigenvalue weighted by molar-refractivity contribution is -0.126. The van der Waals surface area contributed by atoms with Gasteiger partial charge in [-0.15, -0.1) is 0 Å². The number of nitrogens with zero attached hydrogens (tertiary/aromatic N) is 1. The summed E-state index contributed by atoms with van der Waals surface area (Å²) in [5, 5.41) is 2.79. The fourth-order valence-corrected chi connectivity index (χ4v) is 2.90. The maximum Gasteiger partial charge on any atom is 0.263 e. The van der Waals surface area contributed by atoms with Gasteiger partial charge in [-0.1, -0.05) is 48.5 Å². The van der Waals surface area contributed by atoms with E-state index in [9.17, 15) is 9.59 Å². The molecule has 0 aromatic heterocycles. The first-order valence-corrected chi connectivity index (χ1v) is 9.34. The molecule has 4 rings (SSSR count). The molecule has 1 unspecified atom stereocenters. The van der Waals surface area contributed by atoms with Crippen molar-refractivity contribution in [2.75, 3.05) is 19.0 Å². The summed E-state index contributed by atoms with van der Waals surface area (Å²) >= 11 is 0. The monoisotopic (exact) mass is 399 g/mol. The average molecular weight is 399 g/mol. The van der Waals surface area contributed by atoms with Crippen LogP contribution in [0.25, 0.3) is 0 Å². The average Bonchev–Trinajstić information content (AvgIpc) is 3.26. The second-order valence-electron chi connectivity index (χ2n) is 6.23. The zero-order valence-electron chi connectivity index (χ0n) is 16.4.